The highest BCUT2D eigenvalue weighted by Crippen LogP contribution is 2.38. The van der Waals surface area contributed by atoms with Gasteiger partial charge in [-0.15, -0.1) is 0 Å². The molecule has 1 amide bonds. The number of halogens is 2. The molecule has 31 heavy (non-hydrogen) atoms. The lowest BCUT2D eigenvalue weighted by molar-refractivity contribution is -0.384. The topological polar surface area (TPSA) is 96.0 Å². The molecule has 3 aromatic rings. The maximum Gasteiger partial charge on any atom is 0.288 e. The molecular weight excluding hydrogens is 441 g/mol. The van der Waals surface area contributed by atoms with Crippen molar-refractivity contribution in [3.63, 3.8) is 0 Å². The number of hydrogen-bond acceptors (Lipinski definition) is 5. The number of carbonyl (C=O) groups excluding carboxylic acids is 1. The first-order valence-corrected chi connectivity index (χ1v) is 9.99. The van der Waals surface area contributed by atoms with Crippen LogP contribution < -0.4 is 0 Å². The lowest BCUT2D eigenvalue weighted by Crippen LogP contribution is -2.27. The van der Waals surface area contributed by atoms with Crippen LogP contribution in [0, 0.1) is 10.1 Å². The third-order valence-corrected chi connectivity index (χ3v) is 5.55. The van der Waals surface area contributed by atoms with Crippen molar-refractivity contribution in [1.82, 2.24) is 5.01 Å². The number of nitro groups is 1. The van der Waals surface area contributed by atoms with Gasteiger partial charge in [-0.05, 0) is 35.9 Å². The van der Waals surface area contributed by atoms with Crippen LogP contribution in [0.5, 0.6) is 5.75 Å². The Hall–Kier alpha value is -3.42. The van der Waals surface area contributed by atoms with E-state index in [2.05, 4.69) is 5.10 Å². The van der Waals surface area contributed by atoms with Gasteiger partial charge >= 0.3 is 0 Å². The van der Waals surface area contributed by atoms with Gasteiger partial charge < -0.3 is 5.11 Å². The Kier molecular flexibility index (Phi) is 5.63. The molecule has 0 bridgehead atoms. The van der Waals surface area contributed by atoms with Gasteiger partial charge in [-0.1, -0.05) is 53.5 Å². The lowest BCUT2D eigenvalue weighted by Gasteiger charge is -2.22. The fourth-order valence-electron chi connectivity index (χ4n) is 3.44. The second kappa shape index (κ2) is 8.37. The Bertz CT molecular complexity index is 1210. The summed E-state index contributed by atoms with van der Waals surface area (Å²) in [5.74, 6) is -0.517. The second-order valence-electron chi connectivity index (χ2n) is 6.91. The zero-order chi connectivity index (χ0) is 22.1. The zero-order valence-electron chi connectivity index (χ0n) is 15.9. The largest absolute Gasteiger partial charge is 0.508 e. The number of para-hydroxylation sites is 1. The van der Waals surface area contributed by atoms with Crippen LogP contribution in [0.2, 0.25) is 10.0 Å². The highest BCUT2D eigenvalue weighted by molar-refractivity contribution is 6.32. The predicted molar refractivity (Wildman–Crippen MR) is 118 cm³/mol. The molecule has 0 spiro atoms. The molecule has 0 saturated heterocycles. The fourth-order valence-corrected chi connectivity index (χ4v) is 3.76. The molecule has 0 radical (unpaired) electrons. The van der Waals surface area contributed by atoms with Crippen molar-refractivity contribution in [2.24, 2.45) is 5.10 Å². The van der Waals surface area contributed by atoms with E-state index in [0.29, 0.717) is 22.7 Å². The molecule has 9 heteroatoms. The highest BCUT2D eigenvalue weighted by atomic mass is 35.5. The summed E-state index contributed by atoms with van der Waals surface area (Å²) < 4.78 is 0. The number of hydrogen-bond donors (Lipinski definition) is 1. The van der Waals surface area contributed by atoms with Gasteiger partial charge in [-0.25, -0.2) is 5.01 Å². The van der Waals surface area contributed by atoms with Crippen LogP contribution >= 0.6 is 23.2 Å². The van der Waals surface area contributed by atoms with Gasteiger partial charge in [0.1, 0.15) is 10.8 Å². The molecule has 0 aliphatic carbocycles. The van der Waals surface area contributed by atoms with Gasteiger partial charge in [0.05, 0.1) is 16.7 Å². The number of rotatable bonds is 4. The number of nitro benzene ring substituents is 1. The van der Waals surface area contributed by atoms with Gasteiger partial charge in [0, 0.05) is 28.6 Å². The summed E-state index contributed by atoms with van der Waals surface area (Å²) in [7, 11) is 0. The number of phenols is 1. The Morgan fingerprint density at radius 3 is 2.48 bits per heavy atom. The van der Waals surface area contributed by atoms with E-state index in [9.17, 15) is 20.0 Å². The van der Waals surface area contributed by atoms with Gasteiger partial charge in [0.15, 0.2) is 0 Å². The quantitative estimate of drug-likeness (QED) is 0.408. The number of aromatic hydroxyl groups is 1. The van der Waals surface area contributed by atoms with Crippen LogP contribution in [0.25, 0.3) is 0 Å². The Morgan fingerprint density at radius 2 is 1.81 bits per heavy atom. The minimum absolute atomic E-state index is 0.0277. The average Bonchev–Trinajstić information content (AvgIpc) is 3.19. The number of amides is 1. The van der Waals surface area contributed by atoms with Crippen molar-refractivity contribution >= 4 is 40.5 Å². The third-order valence-electron chi connectivity index (χ3n) is 4.98. The minimum Gasteiger partial charge on any atom is -0.508 e. The van der Waals surface area contributed by atoms with Crippen LogP contribution in [0.4, 0.5) is 5.69 Å². The number of hydrazone groups is 1. The van der Waals surface area contributed by atoms with Gasteiger partial charge in [0.25, 0.3) is 11.6 Å². The molecule has 1 aliphatic rings. The van der Waals surface area contributed by atoms with E-state index in [4.69, 9.17) is 23.2 Å². The molecule has 156 valence electrons. The van der Waals surface area contributed by atoms with E-state index in [-0.39, 0.29) is 22.0 Å². The molecule has 3 aromatic carbocycles. The van der Waals surface area contributed by atoms with Crippen LogP contribution in [-0.2, 0) is 0 Å². The van der Waals surface area contributed by atoms with Crippen molar-refractivity contribution in [3.05, 3.63) is 104 Å². The first-order valence-electron chi connectivity index (χ1n) is 9.24. The van der Waals surface area contributed by atoms with Gasteiger partial charge in [-0.2, -0.15) is 5.10 Å². The SMILES string of the molecule is O=C(c1ccc(Cl)c([N+](=O)[O-])c1)N1N=C(c2ccc(Cl)cc2)CC1c1ccccc1O. The van der Waals surface area contributed by atoms with Crippen molar-refractivity contribution < 1.29 is 14.8 Å². The number of phenolic OH excluding ortho intramolecular Hbond substituents is 1. The van der Waals surface area contributed by atoms with E-state index < -0.39 is 16.9 Å². The number of benzene rings is 3. The molecule has 0 fully saturated rings. The normalized spacial score (nSPS) is 15.6. The Balaban J connectivity index is 1.77. The lowest BCUT2D eigenvalue weighted by atomic mass is 9.97. The van der Waals surface area contributed by atoms with Crippen LogP contribution in [0.1, 0.15) is 33.9 Å². The van der Waals surface area contributed by atoms with Gasteiger partial charge in [-0.3, -0.25) is 14.9 Å². The highest BCUT2D eigenvalue weighted by Gasteiger charge is 2.35. The zero-order valence-corrected chi connectivity index (χ0v) is 17.4. The smallest absolute Gasteiger partial charge is 0.288 e. The first kappa shape index (κ1) is 20.8. The molecule has 1 heterocycles. The van der Waals surface area contributed by atoms with Crippen molar-refractivity contribution in [2.75, 3.05) is 0 Å². The maximum absolute atomic E-state index is 13.3. The molecule has 7 nitrogen and oxygen atoms in total. The van der Waals surface area contributed by atoms with Crippen LogP contribution in [0.15, 0.2) is 71.8 Å². The first-order chi connectivity index (χ1) is 14.8. The Labute approximate surface area is 187 Å². The molecule has 1 atom stereocenters. The number of carbonyl (C=O) groups is 1. The summed E-state index contributed by atoms with van der Waals surface area (Å²) in [6, 6.07) is 17.0. The van der Waals surface area contributed by atoms with E-state index >= 15 is 0 Å². The molecular formula is C22H15Cl2N3O4. The van der Waals surface area contributed by atoms with E-state index in [0.717, 1.165) is 11.6 Å². The summed E-state index contributed by atoms with van der Waals surface area (Å²) in [5, 5.41) is 27.9. The van der Waals surface area contributed by atoms with Crippen LogP contribution in [0.3, 0.4) is 0 Å². The van der Waals surface area contributed by atoms with E-state index in [1.807, 2.05) is 0 Å². The maximum atomic E-state index is 13.3. The second-order valence-corrected chi connectivity index (χ2v) is 7.75. The molecule has 1 unspecified atom stereocenters. The molecule has 1 aliphatic heterocycles. The monoisotopic (exact) mass is 455 g/mol. The predicted octanol–water partition coefficient (Wildman–Crippen LogP) is 5.60. The molecule has 0 saturated carbocycles. The molecule has 0 aromatic heterocycles. The van der Waals surface area contributed by atoms with E-state index in [1.54, 1.807) is 42.5 Å². The average molecular weight is 456 g/mol. The number of nitrogens with zero attached hydrogens (tertiary/aromatic N) is 3. The van der Waals surface area contributed by atoms with Crippen molar-refractivity contribution in [1.29, 1.82) is 0 Å². The summed E-state index contributed by atoms with van der Waals surface area (Å²) in [6.07, 6.45) is 0.348. The summed E-state index contributed by atoms with van der Waals surface area (Å²) >= 11 is 11.9. The summed E-state index contributed by atoms with van der Waals surface area (Å²) in [4.78, 5) is 23.9. The summed E-state index contributed by atoms with van der Waals surface area (Å²) in [6.45, 7) is 0. The minimum atomic E-state index is -0.647. The standard InChI is InChI=1S/C22H15Cl2N3O4/c23-15-8-5-13(6-9-15)18-12-19(16-3-1-2-4-21(16)28)26(25-18)22(29)14-7-10-17(24)20(11-14)27(30)31/h1-11,19,28H,12H2. The van der Waals surface area contributed by atoms with Crippen LogP contribution in [-0.4, -0.2) is 26.7 Å². The molecule has 1 N–H and O–H groups in total. The van der Waals surface area contributed by atoms with Crippen molar-refractivity contribution in [2.45, 2.75) is 12.5 Å². The summed E-state index contributed by atoms with van der Waals surface area (Å²) in [5.41, 5.74) is 1.63. The Morgan fingerprint density at radius 1 is 1.10 bits per heavy atom. The fraction of sp³-hybridized carbons (Fsp3) is 0.0909. The van der Waals surface area contributed by atoms with E-state index in [1.165, 1.54) is 23.2 Å². The third kappa shape index (κ3) is 4.10. The van der Waals surface area contributed by atoms with Crippen molar-refractivity contribution in [3.8, 4) is 5.75 Å². The molecule has 4 rings (SSSR count). The van der Waals surface area contributed by atoms with Gasteiger partial charge in [0.2, 0.25) is 0 Å².